The highest BCUT2D eigenvalue weighted by Gasteiger charge is 2.30. The Morgan fingerprint density at radius 3 is 2.28 bits per heavy atom. The lowest BCUT2D eigenvalue weighted by atomic mass is 10.2. The van der Waals surface area contributed by atoms with Crippen molar-refractivity contribution in [1.82, 2.24) is 5.43 Å². The Labute approximate surface area is 220 Å². The zero-order valence-electron chi connectivity index (χ0n) is 20.4. The second kappa shape index (κ2) is 12.5. The lowest BCUT2D eigenvalue weighted by molar-refractivity contribution is -0.119. The minimum atomic E-state index is -4.15. The largest absolute Gasteiger partial charge is 0.495 e. The van der Waals surface area contributed by atoms with Crippen LogP contribution in [0.15, 0.2) is 87.3 Å². The average Bonchev–Trinajstić information content (AvgIpc) is 2.89. The number of ether oxygens (including phenoxy) is 1. The number of hydrazone groups is 1. The minimum absolute atomic E-state index is 0.0622. The molecule has 0 spiro atoms. The molecule has 36 heavy (non-hydrogen) atoms. The Bertz CT molecular complexity index is 1300. The van der Waals surface area contributed by atoms with Gasteiger partial charge in [0.1, 0.15) is 17.2 Å². The number of halogens is 1. The van der Waals surface area contributed by atoms with E-state index in [2.05, 4.69) is 45.2 Å². The van der Waals surface area contributed by atoms with Crippen LogP contribution in [-0.4, -0.2) is 47.3 Å². The van der Waals surface area contributed by atoms with Gasteiger partial charge in [0.2, 0.25) is 0 Å². The second-order valence-corrected chi connectivity index (χ2v) is 10.4. The molecule has 0 saturated heterocycles. The molecule has 0 fully saturated rings. The molecule has 1 N–H and O–H groups in total. The number of benzene rings is 3. The van der Waals surface area contributed by atoms with E-state index >= 15 is 0 Å². The summed E-state index contributed by atoms with van der Waals surface area (Å²) < 4.78 is 34.1. The van der Waals surface area contributed by atoms with E-state index in [1.54, 1.807) is 42.5 Å². The molecule has 3 aromatic carbocycles. The highest BCUT2D eigenvalue weighted by molar-refractivity contribution is 9.10. The summed E-state index contributed by atoms with van der Waals surface area (Å²) in [6.45, 7) is 5.54. The summed E-state index contributed by atoms with van der Waals surface area (Å²) in [7, 11) is -2.75. The number of nitrogens with zero attached hydrogens (tertiary/aromatic N) is 3. The van der Waals surface area contributed by atoms with E-state index in [-0.39, 0.29) is 10.6 Å². The Morgan fingerprint density at radius 2 is 1.67 bits per heavy atom. The first-order valence-corrected chi connectivity index (χ1v) is 13.6. The van der Waals surface area contributed by atoms with Gasteiger partial charge in [0.05, 0.1) is 19.0 Å². The fourth-order valence-corrected chi connectivity index (χ4v) is 5.70. The van der Waals surface area contributed by atoms with Gasteiger partial charge in [-0.25, -0.2) is 13.8 Å². The van der Waals surface area contributed by atoms with Crippen molar-refractivity contribution in [3.63, 3.8) is 0 Å². The third-order valence-electron chi connectivity index (χ3n) is 5.45. The van der Waals surface area contributed by atoms with Gasteiger partial charge in [0.25, 0.3) is 15.9 Å². The molecule has 3 aromatic rings. The van der Waals surface area contributed by atoms with Crippen LogP contribution in [0.4, 0.5) is 11.4 Å². The molecule has 8 nitrogen and oxygen atoms in total. The van der Waals surface area contributed by atoms with Crippen molar-refractivity contribution in [1.29, 1.82) is 0 Å². The highest BCUT2D eigenvalue weighted by atomic mass is 79.9. The molecule has 3 rings (SSSR count). The monoisotopic (exact) mass is 572 g/mol. The lowest BCUT2D eigenvalue weighted by Crippen LogP contribution is -2.39. The number of methoxy groups -OCH3 is 1. The predicted molar refractivity (Wildman–Crippen MR) is 147 cm³/mol. The number of carbonyl (C=O) groups excluding carboxylic acids is 1. The third kappa shape index (κ3) is 6.64. The van der Waals surface area contributed by atoms with E-state index in [1.807, 2.05) is 24.3 Å². The van der Waals surface area contributed by atoms with E-state index < -0.39 is 22.5 Å². The van der Waals surface area contributed by atoms with Crippen LogP contribution >= 0.6 is 15.9 Å². The van der Waals surface area contributed by atoms with Gasteiger partial charge >= 0.3 is 0 Å². The fourth-order valence-electron chi connectivity index (χ4n) is 3.58. The smallest absolute Gasteiger partial charge is 0.268 e. The summed E-state index contributed by atoms with van der Waals surface area (Å²) in [5.74, 6) is -0.418. The summed E-state index contributed by atoms with van der Waals surface area (Å²) in [4.78, 5) is 14.9. The number of anilines is 2. The summed E-state index contributed by atoms with van der Waals surface area (Å²) in [6.07, 6.45) is 1.52. The van der Waals surface area contributed by atoms with Crippen LogP contribution in [0.5, 0.6) is 5.75 Å². The molecule has 0 atom stereocenters. The number of para-hydroxylation sites is 1. The van der Waals surface area contributed by atoms with Crippen LogP contribution in [0.1, 0.15) is 19.4 Å². The first kappa shape index (κ1) is 27.2. The standard InChI is InChI=1S/C26H29BrN4O4S/c1-4-30(5-2)22-14-11-20(12-15-22)18-28-29-26(32)19-31(23-9-7-6-8-10-23)36(33,34)25-17-21(27)13-16-24(25)35-3/h6-18H,4-5,19H2,1-3H3,(H,29,32)/b28-18-. The van der Waals surface area contributed by atoms with Gasteiger partial charge in [-0.2, -0.15) is 5.10 Å². The molecule has 1 amide bonds. The van der Waals surface area contributed by atoms with Gasteiger partial charge < -0.3 is 9.64 Å². The van der Waals surface area contributed by atoms with E-state index in [9.17, 15) is 13.2 Å². The van der Waals surface area contributed by atoms with Crippen molar-refractivity contribution < 1.29 is 17.9 Å². The van der Waals surface area contributed by atoms with E-state index in [1.165, 1.54) is 19.4 Å². The molecule has 0 aliphatic rings. The summed E-state index contributed by atoms with van der Waals surface area (Å²) >= 11 is 3.31. The maximum Gasteiger partial charge on any atom is 0.268 e. The van der Waals surface area contributed by atoms with Crippen molar-refractivity contribution in [2.24, 2.45) is 5.10 Å². The van der Waals surface area contributed by atoms with Gasteiger partial charge in [-0.1, -0.05) is 46.3 Å². The molecular weight excluding hydrogens is 544 g/mol. The summed E-state index contributed by atoms with van der Waals surface area (Å²) in [5, 5.41) is 4.01. The van der Waals surface area contributed by atoms with E-state index in [4.69, 9.17) is 4.74 Å². The summed E-state index contributed by atoms with van der Waals surface area (Å²) in [6, 6.07) is 20.9. The Hall–Kier alpha value is -3.37. The number of sulfonamides is 1. The van der Waals surface area contributed by atoms with Gasteiger partial charge in [-0.05, 0) is 61.9 Å². The summed E-state index contributed by atoms with van der Waals surface area (Å²) in [5.41, 5.74) is 4.67. The van der Waals surface area contributed by atoms with Crippen LogP contribution in [0.2, 0.25) is 0 Å². The van der Waals surface area contributed by atoms with Crippen LogP contribution in [0.25, 0.3) is 0 Å². The van der Waals surface area contributed by atoms with Crippen LogP contribution in [0.3, 0.4) is 0 Å². The predicted octanol–water partition coefficient (Wildman–Crippen LogP) is 4.65. The van der Waals surface area contributed by atoms with Gasteiger partial charge in [0.15, 0.2) is 0 Å². The van der Waals surface area contributed by atoms with Crippen molar-refractivity contribution in [3.8, 4) is 5.75 Å². The minimum Gasteiger partial charge on any atom is -0.495 e. The molecular formula is C26H29BrN4O4S. The number of carbonyl (C=O) groups is 1. The van der Waals surface area contributed by atoms with Gasteiger partial charge in [-0.15, -0.1) is 0 Å². The molecule has 190 valence electrons. The number of rotatable bonds is 11. The average molecular weight is 574 g/mol. The molecule has 0 bridgehead atoms. The second-order valence-electron chi connectivity index (χ2n) is 7.70. The maximum atomic E-state index is 13.6. The van der Waals surface area contributed by atoms with E-state index in [0.717, 1.165) is 28.6 Å². The quantitative estimate of drug-likeness (QED) is 0.267. The first-order valence-electron chi connectivity index (χ1n) is 11.4. The zero-order chi connectivity index (χ0) is 26.1. The van der Waals surface area contributed by atoms with Crippen LogP contribution in [0, 0.1) is 0 Å². The Balaban J connectivity index is 1.80. The number of hydrogen-bond donors (Lipinski definition) is 1. The topological polar surface area (TPSA) is 91.3 Å². The molecule has 0 saturated carbocycles. The van der Waals surface area contributed by atoms with Gasteiger partial charge in [-0.3, -0.25) is 9.10 Å². The number of hydrogen-bond acceptors (Lipinski definition) is 6. The molecule has 0 radical (unpaired) electrons. The normalized spacial score (nSPS) is 11.3. The molecule has 0 aliphatic carbocycles. The SMILES string of the molecule is CCN(CC)c1ccc(/C=N\NC(=O)CN(c2ccccc2)S(=O)(=O)c2cc(Br)ccc2OC)cc1. The Morgan fingerprint density at radius 1 is 1.00 bits per heavy atom. The first-order chi connectivity index (χ1) is 17.3. The zero-order valence-corrected chi connectivity index (χ0v) is 22.8. The van der Waals surface area contributed by atoms with E-state index in [0.29, 0.717) is 10.2 Å². The van der Waals surface area contributed by atoms with Crippen LogP contribution in [-0.2, 0) is 14.8 Å². The lowest BCUT2D eigenvalue weighted by Gasteiger charge is -2.24. The van der Waals surface area contributed by atoms with Crippen LogP contribution < -0.4 is 19.4 Å². The number of amides is 1. The highest BCUT2D eigenvalue weighted by Crippen LogP contribution is 2.32. The maximum absolute atomic E-state index is 13.6. The number of nitrogens with one attached hydrogen (secondary N) is 1. The van der Waals surface area contributed by atoms with Crippen molar-refractivity contribution >= 4 is 49.4 Å². The van der Waals surface area contributed by atoms with Crippen molar-refractivity contribution in [2.75, 3.05) is 35.9 Å². The molecule has 0 heterocycles. The Kier molecular flexibility index (Phi) is 9.49. The van der Waals surface area contributed by atoms with Crippen molar-refractivity contribution in [3.05, 3.63) is 82.8 Å². The molecule has 10 heteroatoms. The molecule has 0 aromatic heterocycles. The van der Waals surface area contributed by atoms with Gasteiger partial charge in [0, 0.05) is 23.2 Å². The fraction of sp³-hybridized carbons (Fsp3) is 0.231. The molecule has 0 unspecified atom stereocenters. The third-order valence-corrected chi connectivity index (χ3v) is 7.74. The van der Waals surface area contributed by atoms with Crippen molar-refractivity contribution in [2.45, 2.75) is 18.7 Å². The molecule has 0 aliphatic heterocycles.